The lowest BCUT2D eigenvalue weighted by molar-refractivity contribution is -0.147. The van der Waals surface area contributed by atoms with Crippen molar-refractivity contribution in [3.63, 3.8) is 0 Å². The second kappa shape index (κ2) is 11.1. The molecule has 3 aromatic carbocycles. The summed E-state index contributed by atoms with van der Waals surface area (Å²) in [7, 11) is -3.67. The maximum atomic E-state index is 13.6. The molecule has 7 nitrogen and oxygen atoms in total. The van der Waals surface area contributed by atoms with E-state index in [9.17, 15) is 18.0 Å². The molecular formula is C30H33N3O4S. The van der Waals surface area contributed by atoms with Gasteiger partial charge in [-0.15, -0.1) is 0 Å². The van der Waals surface area contributed by atoms with Gasteiger partial charge in [0.1, 0.15) is 6.54 Å². The second-order valence-corrected chi connectivity index (χ2v) is 12.0. The van der Waals surface area contributed by atoms with Gasteiger partial charge in [0.15, 0.2) is 0 Å². The molecule has 2 N–H and O–H groups in total. The lowest BCUT2D eigenvalue weighted by Gasteiger charge is -2.42. The minimum absolute atomic E-state index is 0.0293. The van der Waals surface area contributed by atoms with Gasteiger partial charge < -0.3 is 10.2 Å². The molecule has 8 heteroatoms. The summed E-state index contributed by atoms with van der Waals surface area (Å²) >= 11 is 0. The van der Waals surface area contributed by atoms with E-state index in [1.807, 2.05) is 79.7 Å². The molecule has 0 radical (unpaired) electrons. The van der Waals surface area contributed by atoms with E-state index in [0.29, 0.717) is 25.7 Å². The molecule has 2 amide bonds. The molecule has 1 aliphatic carbocycles. The van der Waals surface area contributed by atoms with Crippen LogP contribution in [0.3, 0.4) is 0 Å². The highest BCUT2D eigenvalue weighted by Crippen LogP contribution is 2.33. The van der Waals surface area contributed by atoms with Gasteiger partial charge in [0.25, 0.3) is 0 Å². The Morgan fingerprint density at radius 2 is 1.42 bits per heavy atom. The first-order chi connectivity index (χ1) is 18.3. The number of carbonyl (C=O) groups excluding carboxylic acids is 2. The number of sulfonamides is 1. The van der Waals surface area contributed by atoms with Crippen LogP contribution in [-0.2, 0) is 19.6 Å². The number of benzene rings is 3. The Morgan fingerprint density at radius 3 is 2.05 bits per heavy atom. The average molecular weight is 532 g/mol. The third-order valence-electron chi connectivity index (χ3n) is 7.61. The molecule has 38 heavy (non-hydrogen) atoms. The van der Waals surface area contributed by atoms with Crippen molar-refractivity contribution >= 4 is 21.8 Å². The van der Waals surface area contributed by atoms with E-state index in [1.54, 1.807) is 17.0 Å². The SMILES string of the molecule is CC1NC(=O)CN(C(=O)[C@H]2CC[C@H](NS(=O)(=O)c3ccc(-c4ccccc4)cc3)CC2)C1c1ccccc1. The van der Waals surface area contributed by atoms with Crippen LogP contribution < -0.4 is 10.0 Å². The van der Waals surface area contributed by atoms with Gasteiger partial charge in [-0.2, -0.15) is 0 Å². The summed E-state index contributed by atoms with van der Waals surface area (Å²) in [4.78, 5) is 27.9. The van der Waals surface area contributed by atoms with Crippen LogP contribution in [-0.4, -0.2) is 43.8 Å². The van der Waals surface area contributed by atoms with Crippen LogP contribution in [0.25, 0.3) is 11.1 Å². The van der Waals surface area contributed by atoms with Crippen molar-refractivity contribution in [2.24, 2.45) is 5.92 Å². The maximum Gasteiger partial charge on any atom is 0.240 e. The van der Waals surface area contributed by atoms with E-state index in [-0.39, 0.29) is 47.3 Å². The Morgan fingerprint density at radius 1 is 0.842 bits per heavy atom. The minimum Gasteiger partial charge on any atom is -0.350 e. The topological polar surface area (TPSA) is 95.6 Å². The van der Waals surface area contributed by atoms with Crippen molar-refractivity contribution in [1.29, 1.82) is 0 Å². The van der Waals surface area contributed by atoms with Crippen LogP contribution in [0.1, 0.15) is 44.2 Å². The van der Waals surface area contributed by atoms with Gasteiger partial charge in [0.05, 0.1) is 17.0 Å². The quantitative estimate of drug-likeness (QED) is 0.496. The lowest BCUT2D eigenvalue weighted by atomic mass is 9.84. The Labute approximate surface area is 224 Å². The van der Waals surface area contributed by atoms with Gasteiger partial charge in [-0.1, -0.05) is 72.8 Å². The number of rotatable bonds is 6. The molecule has 198 valence electrons. The van der Waals surface area contributed by atoms with E-state index in [4.69, 9.17) is 0 Å². The van der Waals surface area contributed by atoms with E-state index in [1.165, 1.54) is 0 Å². The molecule has 5 rings (SSSR count). The van der Waals surface area contributed by atoms with Crippen molar-refractivity contribution in [2.45, 2.75) is 55.6 Å². The number of amides is 2. The molecule has 0 bridgehead atoms. The molecule has 2 atom stereocenters. The highest BCUT2D eigenvalue weighted by Gasteiger charge is 2.40. The molecular weight excluding hydrogens is 498 g/mol. The molecule has 3 aromatic rings. The summed E-state index contributed by atoms with van der Waals surface area (Å²) < 4.78 is 28.9. The normalized spacial score (nSPS) is 24.0. The largest absolute Gasteiger partial charge is 0.350 e. The van der Waals surface area contributed by atoms with Gasteiger partial charge in [-0.05, 0) is 61.4 Å². The Bertz CT molecular complexity index is 1370. The highest BCUT2D eigenvalue weighted by molar-refractivity contribution is 7.89. The Kier molecular flexibility index (Phi) is 7.63. The molecule has 2 fully saturated rings. The summed E-state index contributed by atoms with van der Waals surface area (Å²) in [6.45, 7) is 1.96. The van der Waals surface area contributed by atoms with Crippen LogP contribution in [0.4, 0.5) is 0 Å². The fourth-order valence-corrected chi connectivity index (χ4v) is 6.98. The first-order valence-corrected chi connectivity index (χ1v) is 14.6. The molecule has 1 saturated carbocycles. The van der Waals surface area contributed by atoms with E-state index < -0.39 is 10.0 Å². The van der Waals surface area contributed by atoms with Gasteiger partial charge in [0.2, 0.25) is 21.8 Å². The van der Waals surface area contributed by atoms with Crippen LogP contribution >= 0.6 is 0 Å². The first-order valence-electron chi connectivity index (χ1n) is 13.1. The minimum atomic E-state index is -3.67. The molecule has 1 saturated heterocycles. The summed E-state index contributed by atoms with van der Waals surface area (Å²) in [5.41, 5.74) is 2.98. The third kappa shape index (κ3) is 5.66. The van der Waals surface area contributed by atoms with Gasteiger partial charge in [-0.25, -0.2) is 13.1 Å². The number of hydrogen-bond donors (Lipinski definition) is 2. The van der Waals surface area contributed by atoms with Crippen LogP contribution in [0.15, 0.2) is 89.8 Å². The summed E-state index contributed by atoms with van der Waals surface area (Å²) in [6.07, 6.45) is 2.30. The summed E-state index contributed by atoms with van der Waals surface area (Å²) in [6, 6.07) is 25.8. The Hall–Kier alpha value is -3.49. The molecule has 1 heterocycles. The van der Waals surface area contributed by atoms with Crippen LogP contribution in [0, 0.1) is 5.92 Å². The molecule has 0 aromatic heterocycles. The second-order valence-electron chi connectivity index (χ2n) is 10.2. The molecule has 2 aliphatic rings. The Balaban J connectivity index is 1.22. The van der Waals surface area contributed by atoms with Crippen molar-refractivity contribution in [3.8, 4) is 11.1 Å². The zero-order valence-electron chi connectivity index (χ0n) is 21.4. The lowest BCUT2D eigenvalue weighted by Crippen LogP contribution is -2.57. The monoisotopic (exact) mass is 531 g/mol. The van der Waals surface area contributed by atoms with E-state index in [2.05, 4.69) is 10.0 Å². The number of carbonyl (C=O) groups is 2. The van der Waals surface area contributed by atoms with Crippen LogP contribution in [0.5, 0.6) is 0 Å². The number of nitrogens with one attached hydrogen (secondary N) is 2. The zero-order valence-corrected chi connectivity index (χ0v) is 22.2. The predicted molar refractivity (Wildman–Crippen MR) is 146 cm³/mol. The number of piperazine rings is 1. The maximum absolute atomic E-state index is 13.6. The smallest absolute Gasteiger partial charge is 0.240 e. The average Bonchev–Trinajstić information content (AvgIpc) is 2.93. The fourth-order valence-electron chi connectivity index (χ4n) is 5.67. The highest BCUT2D eigenvalue weighted by atomic mass is 32.2. The molecule has 2 unspecified atom stereocenters. The van der Waals surface area contributed by atoms with Gasteiger partial charge in [0, 0.05) is 12.0 Å². The van der Waals surface area contributed by atoms with Crippen molar-refractivity contribution in [3.05, 3.63) is 90.5 Å². The summed E-state index contributed by atoms with van der Waals surface area (Å²) in [5, 5.41) is 2.97. The molecule has 0 spiro atoms. The van der Waals surface area contributed by atoms with E-state index >= 15 is 0 Å². The fraction of sp³-hybridized carbons (Fsp3) is 0.333. The summed E-state index contributed by atoms with van der Waals surface area (Å²) in [5.74, 6) is -0.415. The predicted octanol–water partition coefficient (Wildman–Crippen LogP) is 4.28. The van der Waals surface area contributed by atoms with E-state index in [0.717, 1.165) is 16.7 Å². The van der Waals surface area contributed by atoms with Crippen LogP contribution in [0.2, 0.25) is 0 Å². The zero-order chi connectivity index (χ0) is 26.7. The first kappa shape index (κ1) is 26.1. The van der Waals surface area contributed by atoms with Crippen molar-refractivity contribution in [2.75, 3.05) is 6.54 Å². The number of nitrogens with zero attached hydrogens (tertiary/aromatic N) is 1. The number of hydrogen-bond acceptors (Lipinski definition) is 4. The van der Waals surface area contributed by atoms with Gasteiger partial charge >= 0.3 is 0 Å². The molecule has 1 aliphatic heterocycles. The standard InChI is InChI=1S/C30H33N3O4S/c1-21-29(24-10-6-3-7-11-24)33(20-28(34)31-21)30(35)25-12-16-26(17-13-25)32-38(36,37)27-18-14-23(15-19-27)22-8-4-2-5-9-22/h2-11,14-15,18-19,21,25-26,29,32H,12-13,16-17,20H2,1H3,(H,31,34)/t21?,25-,26-,29?. The van der Waals surface area contributed by atoms with Crippen molar-refractivity contribution < 1.29 is 18.0 Å². The van der Waals surface area contributed by atoms with Crippen molar-refractivity contribution in [1.82, 2.24) is 14.9 Å². The third-order valence-corrected chi connectivity index (χ3v) is 9.14. The van der Waals surface area contributed by atoms with Gasteiger partial charge in [-0.3, -0.25) is 9.59 Å².